The Morgan fingerprint density at radius 3 is 1.64 bits per heavy atom. The molecule has 0 saturated carbocycles. The number of benzene rings is 2. The van der Waals surface area contributed by atoms with Crippen molar-refractivity contribution in [2.24, 2.45) is 0 Å². The Morgan fingerprint density at radius 2 is 1.25 bits per heavy atom. The van der Waals surface area contributed by atoms with Crippen molar-refractivity contribution in [1.82, 2.24) is 0 Å². The summed E-state index contributed by atoms with van der Waals surface area (Å²) in [6.45, 7) is 4.72. The van der Waals surface area contributed by atoms with Gasteiger partial charge in [-0.05, 0) is 0 Å². The molecule has 0 radical (unpaired) electrons. The third-order valence-corrected chi connectivity index (χ3v) is 59.5. The van der Waals surface area contributed by atoms with Gasteiger partial charge in [-0.1, -0.05) is 0 Å². The maximum absolute atomic E-state index is 7.51. The Hall–Kier alpha value is -0.514. The second-order valence-corrected chi connectivity index (χ2v) is 49.1. The minimum atomic E-state index is -2.38. The van der Waals surface area contributed by atoms with E-state index in [2.05, 4.69) is 86.0 Å². The summed E-state index contributed by atoms with van der Waals surface area (Å²) in [6.07, 6.45) is 6.69. The Kier molecular flexibility index (Phi) is 7.55. The Morgan fingerprint density at radius 1 is 0.786 bits per heavy atom. The molecule has 2 aromatic carbocycles. The molecular formula is C25H38Ge2O. The van der Waals surface area contributed by atoms with Gasteiger partial charge in [-0.25, -0.2) is 0 Å². The van der Waals surface area contributed by atoms with Crippen LogP contribution in [0.5, 0.6) is 0 Å². The minimum absolute atomic E-state index is 0.223. The quantitative estimate of drug-likeness (QED) is 0.338. The van der Waals surface area contributed by atoms with Crippen LogP contribution >= 0.6 is 0 Å². The molecule has 152 valence electrons. The van der Waals surface area contributed by atoms with Gasteiger partial charge in [0.05, 0.1) is 0 Å². The third-order valence-electron chi connectivity index (χ3n) is 7.16. The molecule has 1 aliphatic heterocycles. The molecule has 0 aliphatic carbocycles. The first kappa shape index (κ1) is 22.2. The zero-order valence-electron chi connectivity index (χ0n) is 18.3. The van der Waals surface area contributed by atoms with Crippen LogP contribution in [0.2, 0.25) is 27.3 Å². The van der Waals surface area contributed by atoms with Crippen molar-refractivity contribution in [2.75, 3.05) is 0 Å². The molecule has 0 spiro atoms. The van der Waals surface area contributed by atoms with E-state index in [1.807, 2.05) is 0 Å². The first-order chi connectivity index (χ1) is 13.5. The fourth-order valence-electron chi connectivity index (χ4n) is 5.31. The van der Waals surface area contributed by atoms with Crippen molar-refractivity contribution in [3.63, 3.8) is 0 Å². The molecule has 2 aromatic rings. The van der Waals surface area contributed by atoms with Crippen LogP contribution in [0.25, 0.3) is 0 Å². The molecule has 3 rings (SSSR count). The predicted molar refractivity (Wildman–Crippen MR) is 127 cm³/mol. The average Bonchev–Trinajstić information content (AvgIpc) is 2.73. The van der Waals surface area contributed by atoms with Crippen LogP contribution in [0, 0.1) is 0 Å². The van der Waals surface area contributed by atoms with E-state index >= 15 is 0 Å². The average molecular weight is 500 g/mol. The number of rotatable bonds is 8. The van der Waals surface area contributed by atoms with Crippen molar-refractivity contribution in [2.45, 2.75) is 78.8 Å². The Bertz CT molecular complexity index is 679. The fraction of sp³-hybridized carbons (Fsp3) is 0.520. The van der Waals surface area contributed by atoms with E-state index in [1.165, 1.54) is 48.5 Å². The number of unbranched alkanes of at least 4 members (excludes halogenated alkanes) is 2. The van der Waals surface area contributed by atoms with Gasteiger partial charge >= 0.3 is 177 Å². The number of hydrogen-bond acceptors (Lipinski definition) is 1. The summed E-state index contributed by atoms with van der Waals surface area (Å²) >= 11 is -4.35. The van der Waals surface area contributed by atoms with E-state index in [1.54, 1.807) is 10.5 Å². The van der Waals surface area contributed by atoms with Gasteiger partial charge in [0, 0.05) is 0 Å². The van der Waals surface area contributed by atoms with Gasteiger partial charge in [-0.3, -0.25) is 0 Å². The SMILES string of the molecule is CCC[CH2][Ge]1([CH2]CCC)[CH2]CC(c2ccccc2)(c2ccccc2)[O][Ge]1([CH3])[CH3]. The van der Waals surface area contributed by atoms with Crippen LogP contribution in [0.4, 0.5) is 0 Å². The molecule has 1 aliphatic rings. The monoisotopic (exact) mass is 502 g/mol. The predicted octanol–water partition coefficient (Wildman–Crippen LogP) is 7.68. The normalized spacial score (nSPS) is 20.0. The van der Waals surface area contributed by atoms with Crippen LogP contribution in [-0.2, 0) is 9.36 Å². The summed E-state index contributed by atoms with van der Waals surface area (Å²) in [4.78, 5) is 0. The van der Waals surface area contributed by atoms with Gasteiger partial charge in [0.15, 0.2) is 0 Å². The van der Waals surface area contributed by atoms with Crippen molar-refractivity contribution in [1.29, 1.82) is 0 Å². The van der Waals surface area contributed by atoms with Crippen molar-refractivity contribution in [3.8, 4) is 0 Å². The summed E-state index contributed by atoms with van der Waals surface area (Å²) in [6, 6.07) is 22.2. The van der Waals surface area contributed by atoms with Crippen LogP contribution < -0.4 is 0 Å². The van der Waals surface area contributed by atoms with Crippen molar-refractivity contribution < 1.29 is 3.76 Å². The molecule has 0 aromatic heterocycles. The standard InChI is InChI=1S/C25H38Ge2O/c1-5-7-20-27(21-8-6-2)22-19-25(28-26(27,3)4,23-15-11-9-12-16-23)24-17-13-10-14-18-24/h9-18H,5-8,19-22H2,1-4H3. The molecule has 0 bridgehead atoms. The van der Waals surface area contributed by atoms with Gasteiger partial charge < -0.3 is 0 Å². The van der Waals surface area contributed by atoms with E-state index in [0.717, 1.165) is 0 Å². The third kappa shape index (κ3) is 4.32. The molecule has 28 heavy (non-hydrogen) atoms. The van der Waals surface area contributed by atoms with Crippen LogP contribution in [0.3, 0.4) is 0 Å². The first-order valence-corrected chi connectivity index (χ1v) is 27.3. The molecule has 0 amide bonds. The van der Waals surface area contributed by atoms with Gasteiger partial charge in [-0.15, -0.1) is 0 Å². The molecule has 1 fully saturated rings. The van der Waals surface area contributed by atoms with Crippen LogP contribution in [-0.4, -0.2) is 22.9 Å². The summed E-state index contributed by atoms with van der Waals surface area (Å²) in [5.41, 5.74) is 2.50. The molecule has 1 nitrogen and oxygen atoms in total. The Labute approximate surface area is 176 Å². The van der Waals surface area contributed by atoms with Crippen LogP contribution in [0.15, 0.2) is 60.7 Å². The van der Waals surface area contributed by atoms with E-state index < -0.39 is 22.9 Å². The van der Waals surface area contributed by atoms with E-state index in [0.29, 0.717) is 0 Å². The van der Waals surface area contributed by atoms with Crippen molar-refractivity contribution >= 4 is 22.9 Å². The van der Waals surface area contributed by atoms with Gasteiger partial charge in [0.25, 0.3) is 0 Å². The molecule has 0 N–H and O–H groups in total. The molecular weight excluding hydrogens is 461 g/mol. The molecule has 1 saturated heterocycles. The first-order valence-electron chi connectivity index (χ1n) is 11.3. The molecule has 1 heterocycles. The Balaban J connectivity index is 2.04. The van der Waals surface area contributed by atoms with Gasteiger partial charge in [-0.2, -0.15) is 0 Å². The maximum atomic E-state index is 7.51. The fourth-order valence-corrected chi connectivity index (χ4v) is 48.9. The van der Waals surface area contributed by atoms with Crippen LogP contribution in [0.1, 0.15) is 57.1 Å². The summed E-state index contributed by atoms with van der Waals surface area (Å²) in [5, 5.41) is 4.59. The van der Waals surface area contributed by atoms with E-state index in [4.69, 9.17) is 3.76 Å². The molecule has 0 unspecified atom stereocenters. The van der Waals surface area contributed by atoms with E-state index in [-0.39, 0.29) is 5.60 Å². The summed E-state index contributed by atoms with van der Waals surface area (Å²) < 4.78 is 7.51. The summed E-state index contributed by atoms with van der Waals surface area (Å²) in [7, 11) is 0. The zero-order valence-corrected chi connectivity index (χ0v) is 22.5. The molecule has 3 heteroatoms. The van der Waals surface area contributed by atoms with Gasteiger partial charge in [0.2, 0.25) is 0 Å². The topological polar surface area (TPSA) is 9.23 Å². The summed E-state index contributed by atoms with van der Waals surface area (Å²) in [5.74, 6) is 5.26. The zero-order chi connectivity index (χ0) is 20.1. The second kappa shape index (κ2) is 9.53. The van der Waals surface area contributed by atoms with E-state index in [9.17, 15) is 0 Å². The second-order valence-electron chi connectivity index (χ2n) is 9.16. The molecule has 0 atom stereocenters. The number of hydrogen-bond donors (Lipinski definition) is 0. The van der Waals surface area contributed by atoms with Gasteiger partial charge in [0.1, 0.15) is 0 Å². The van der Waals surface area contributed by atoms with Crippen molar-refractivity contribution in [3.05, 3.63) is 71.8 Å².